The molecule has 4 aromatic rings. The van der Waals surface area contributed by atoms with Crippen LogP contribution in [0.15, 0.2) is 75.9 Å². The Bertz CT molecular complexity index is 1340. The molecule has 4 rings (SSSR count). The summed E-state index contributed by atoms with van der Waals surface area (Å²) >= 11 is 5.92. The summed E-state index contributed by atoms with van der Waals surface area (Å²) in [6, 6.07) is 18.1. The second-order valence-electron chi connectivity index (χ2n) is 6.61. The van der Waals surface area contributed by atoms with Crippen LogP contribution >= 0.6 is 11.6 Å². The van der Waals surface area contributed by atoms with Crippen LogP contribution in [0.25, 0.3) is 22.1 Å². The molecule has 0 aliphatic rings. The van der Waals surface area contributed by atoms with Gasteiger partial charge in [0.25, 0.3) is 0 Å². The molecule has 0 unspecified atom stereocenters. The first-order valence-electron chi connectivity index (χ1n) is 9.26. The molecule has 0 atom stereocenters. The fourth-order valence-electron chi connectivity index (χ4n) is 3.15. The Morgan fingerprint density at radius 2 is 1.68 bits per heavy atom. The highest BCUT2D eigenvalue weighted by Crippen LogP contribution is 2.33. The van der Waals surface area contributed by atoms with Gasteiger partial charge in [0.2, 0.25) is 0 Å². The van der Waals surface area contributed by atoms with E-state index in [0.29, 0.717) is 38.6 Å². The summed E-state index contributed by atoms with van der Waals surface area (Å²) in [6.07, 6.45) is 0. The van der Waals surface area contributed by atoms with Crippen LogP contribution in [0.5, 0.6) is 17.2 Å². The molecular weight excluding hydrogens is 420 g/mol. The smallest absolute Gasteiger partial charge is 0.344 e. The standard InChI is InChI=1S/C24H17ClO6/c1-28-17-8-9-19(22(12-17)29-2)20-11-14-6-7-18(13-21(14)31-24(20)27)30-23(26)15-4-3-5-16(25)10-15/h3-13H,1-2H3. The van der Waals surface area contributed by atoms with Gasteiger partial charge < -0.3 is 18.6 Å². The second-order valence-corrected chi connectivity index (χ2v) is 7.05. The largest absolute Gasteiger partial charge is 0.497 e. The number of halogens is 1. The maximum absolute atomic E-state index is 12.7. The van der Waals surface area contributed by atoms with E-state index in [0.717, 1.165) is 0 Å². The highest BCUT2D eigenvalue weighted by atomic mass is 35.5. The third-order valence-electron chi connectivity index (χ3n) is 4.68. The van der Waals surface area contributed by atoms with Crippen LogP contribution in [0.3, 0.4) is 0 Å². The quantitative estimate of drug-likeness (QED) is 0.238. The zero-order chi connectivity index (χ0) is 22.0. The number of rotatable bonds is 5. The highest BCUT2D eigenvalue weighted by Gasteiger charge is 2.15. The van der Waals surface area contributed by atoms with Gasteiger partial charge in [0.15, 0.2) is 0 Å². The fourth-order valence-corrected chi connectivity index (χ4v) is 3.34. The van der Waals surface area contributed by atoms with Crippen molar-refractivity contribution in [2.24, 2.45) is 0 Å². The van der Waals surface area contributed by atoms with E-state index in [1.165, 1.54) is 19.2 Å². The Balaban J connectivity index is 1.69. The van der Waals surface area contributed by atoms with Crippen LogP contribution in [-0.4, -0.2) is 20.2 Å². The summed E-state index contributed by atoms with van der Waals surface area (Å²) in [6.45, 7) is 0. The Labute approximate surface area is 182 Å². The van der Waals surface area contributed by atoms with E-state index in [1.807, 2.05) is 0 Å². The van der Waals surface area contributed by atoms with Gasteiger partial charge in [0.05, 0.1) is 25.3 Å². The second kappa shape index (κ2) is 8.53. The van der Waals surface area contributed by atoms with E-state index in [1.54, 1.807) is 61.7 Å². The van der Waals surface area contributed by atoms with Gasteiger partial charge in [-0.1, -0.05) is 17.7 Å². The van der Waals surface area contributed by atoms with Gasteiger partial charge in [-0.2, -0.15) is 0 Å². The Hall–Kier alpha value is -3.77. The minimum atomic E-state index is -0.566. The van der Waals surface area contributed by atoms with Crippen LogP contribution in [0.4, 0.5) is 0 Å². The number of esters is 1. The van der Waals surface area contributed by atoms with Crippen molar-refractivity contribution in [3.8, 4) is 28.4 Å². The zero-order valence-electron chi connectivity index (χ0n) is 16.7. The molecule has 0 aliphatic heterocycles. The molecule has 0 amide bonds. The third kappa shape index (κ3) is 4.25. The van der Waals surface area contributed by atoms with Gasteiger partial charge in [0, 0.05) is 28.1 Å². The van der Waals surface area contributed by atoms with Gasteiger partial charge in [-0.25, -0.2) is 9.59 Å². The topological polar surface area (TPSA) is 75.0 Å². The summed E-state index contributed by atoms with van der Waals surface area (Å²) < 4.78 is 21.5. The van der Waals surface area contributed by atoms with E-state index < -0.39 is 11.6 Å². The molecule has 0 saturated carbocycles. The molecule has 6 nitrogen and oxygen atoms in total. The first kappa shape index (κ1) is 20.5. The number of benzene rings is 3. The van der Waals surface area contributed by atoms with Crippen molar-refractivity contribution in [1.82, 2.24) is 0 Å². The normalized spacial score (nSPS) is 10.7. The lowest BCUT2D eigenvalue weighted by molar-refractivity contribution is 0.0735. The van der Waals surface area contributed by atoms with Crippen molar-refractivity contribution in [3.05, 3.63) is 87.7 Å². The number of fused-ring (bicyclic) bond motifs is 1. The average Bonchev–Trinajstić information content (AvgIpc) is 2.78. The molecule has 1 aromatic heterocycles. The Morgan fingerprint density at radius 1 is 0.871 bits per heavy atom. The first-order valence-corrected chi connectivity index (χ1v) is 9.64. The number of methoxy groups -OCH3 is 2. The lowest BCUT2D eigenvalue weighted by atomic mass is 10.0. The molecule has 0 saturated heterocycles. The molecule has 0 fully saturated rings. The molecule has 7 heteroatoms. The van der Waals surface area contributed by atoms with Crippen LogP contribution in [0, 0.1) is 0 Å². The molecule has 0 spiro atoms. The van der Waals surface area contributed by atoms with Gasteiger partial charge in [-0.3, -0.25) is 0 Å². The summed E-state index contributed by atoms with van der Waals surface area (Å²) in [5.41, 5.74) is 0.981. The molecule has 156 valence electrons. The van der Waals surface area contributed by atoms with Gasteiger partial charge in [0.1, 0.15) is 22.8 Å². The molecule has 31 heavy (non-hydrogen) atoms. The van der Waals surface area contributed by atoms with Crippen LogP contribution < -0.4 is 19.8 Å². The molecule has 0 N–H and O–H groups in total. The van der Waals surface area contributed by atoms with Crippen molar-refractivity contribution >= 4 is 28.5 Å². The van der Waals surface area contributed by atoms with E-state index in [2.05, 4.69) is 0 Å². The maximum Gasteiger partial charge on any atom is 0.344 e. The van der Waals surface area contributed by atoms with Gasteiger partial charge in [-0.15, -0.1) is 0 Å². The summed E-state index contributed by atoms with van der Waals surface area (Å²) in [5.74, 6) is 0.772. The van der Waals surface area contributed by atoms with Crippen molar-refractivity contribution in [3.63, 3.8) is 0 Å². The van der Waals surface area contributed by atoms with Gasteiger partial charge >= 0.3 is 11.6 Å². The predicted octanol–water partition coefficient (Wildman–Crippen LogP) is 5.35. The minimum absolute atomic E-state index is 0.246. The van der Waals surface area contributed by atoms with Crippen LogP contribution in [0.2, 0.25) is 5.02 Å². The maximum atomic E-state index is 12.7. The highest BCUT2D eigenvalue weighted by molar-refractivity contribution is 6.30. The summed E-state index contributed by atoms with van der Waals surface area (Å²) in [7, 11) is 3.07. The molecular formula is C24H17ClO6. The first-order chi connectivity index (χ1) is 15.0. The van der Waals surface area contributed by atoms with Crippen LogP contribution in [0.1, 0.15) is 10.4 Å². The predicted molar refractivity (Wildman–Crippen MR) is 117 cm³/mol. The molecule has 3 aromatic carbocycles. The average molecular weight is 437 g/mol. The number of ether oxygens (including phenoxy) is 3. The number of carbonyl (C=O) groups excluding carboxylic acids is 1. The zero-order valence-corrected chi connectivity index (χ0v) is 17.4. The van der Waals surface area contributed by atoms with Crippen molar-refractivity contribution < 1.29 is 23.4 Å². The number of hydrogen-bond donors (Lipinski definition) is 0. The lowest BCUT2D eigenvalue weighted by Gasteiger charge is -2.10. The monoisotopic (exact) mass is 436 g/mol. The van der Waals surface area contributed by atoms with Crippen molar-refractivity contribution in [2.75, 3.05) is 14.2 Å². The molecule has 0 radical (unpaired) electrons. The summed E-state index contributed by atoms with van der Waals surface area (Å²) in [5, 5.41) is 1.09. The Morgan fingerprint density at radius 3 is 2.42 bits per heavy atom. The van der Waals surface area contributed by atoms with E-state index in [9.17, 15) is 9.59 Å². The molecule has 0 bridgehead atoms. The lowest BCUT2D eigenvalue weighted by Crippen LogP contribution is -2.08. The van der Waals surface area contributed by atoms with Crippen LogP contribution in [-0.2, 0) is 0 Å². The minimum Gasteiger partial charge on any atom is -0.497 e. The molecule has 1 heterocycles. The number of hydrogen-bond acceptors (Lipinski definition) is 6. The van der Waals surface area contributed by atoms with E-state index >= 15 is 0 Å². The number of carbonyl (C=O) groups is 1. The van der Waals surface area contributed by atoms with Crippen molar-refractivity contribution in [1.29, 1.82) is 0 Å². The van der Waals surface area contributed by atoms with Gasteiger partial charge in [-0.05, 0) is 48.5 Å². The SMILES string of the molecule is COc1ccc(-c2cc3ccc(OC(=O)c4cccc(Cl)c4)cc3oc2=O)c(OC)c1. The molecule has 0 aliphatic carbocycles. The van der Waals surface area contributed by atoms with E-state index in [4.69, 9.17) is 30.2 Å². The summed E-state index contributed by atoms with van der Waals surface area (Å²) in [4.78, 5) is 25.0. The third-order valence-corrected chi connectivity index (χ3v) is 4.91. The van der Waals surface area contributed by atoms with Crippen molar-refractivity contribution in [2.45, 2.75) is 0 Å². The fraction of sp³-hybridized carbons (Fsp3) is 0.0833. The Kier molecular flexibility index (Phi) is 5.64. The van der Waals surface area contributed by atoms with E-state index in [-0.39, 0.29) is 11.3 Å².